The molecule has 0 radical (unpaired) electrons. The molecule has 0 atom stereocenters. The van der Waals surface area contributed by atoms with E-state index in [0.29, 0.717) is 0 Å². The Morgan fingerprint density at radius 1 is 1.47 bits per heavy atom. The summed E-state index contributed by atoms with van der Waals surface area (Å²) in [5.74, 6) is -0.850. The average Bonchev–Trinajstić information content (AvgIpc) is 2.32. The van der Waals surface area contributed by atoms with Crippen LogP contribution in [0.15, 0.2) is 23.1 Å². The highest BCUT2D eigenvalue weighted by Crippen LogP contribution is 2.23. The first-order valence-corrected chi connectivity index (χ1v) is 7.18. The highest BCUT2D eigenvalue weighted by atomic mass is 32.2. The van der Waals surface area contributed by atoms with Gasteiger partial charge < -0.3 is 5.73 Å². The molecule has 1 aromatic carbocycles. The van der Waals surface area contributed by atoms with Gasteiger partial charge in [0.2, 0.25) is 10.0 Å². The summed E-state index contributed by atoms with van der Waals surface area (Å²) in [6, 6.07) is 4.91. The zero-order chi connectivity index (χ0) is 14.6. The van der Waals surface area contributed by atoms with Gasteiger partial charge in [-0.3, -0.25) is 0 Å². The lowest BCUT2D eigenvalue weighted by Crippen LogP contribution is -2.38. The molecule has 0 amide bonds. The summed E-state index contributed by atoms with van der Waals surface area (Å²) < 4.78 is 39.5. The number of nitrogen functional groups attached to an aromatic ring is 1. The maximum absolute atomic E-state index is 13.7. The molecule has 7 heteroatoms. The van der Waals surface area contributed by atoms with Crippen molar-refractivity contribution in [2.24, 2.45) is 0 Å². The Morgan fingerprint density at radius 2 is 2.11 bits per heavy atom. The lowest BCUT2D eigenvalue weighted by molar-refractivity contribution is 0.358. The SMILES string of the molecule is CC(C)N(CCC#N)S(=O)(=O)c1cc(N)ccc1F. The van der Waals surface area contributed by atoms with E-state index < -0.39 is 20.7 Å². The van der Waals surface area contributed by atoms with Gasteiger partial charge in [-0.25, -0.2) is 12.8 Å². The molecule has 0 saturated heterocycles. The van der Waals surface area contributed by atoms with Gasteiger partial charge in [0.15, 0.2) is 0 Å². The van der Waals surface area contributed by atoms with Crippen molar-refractivity contribution in [1.29, 1.82) is 5.26 Å². The Hall–Kier alpha value is -1.65. The third-order valence-electron chi connectivity index (χ3n) is 2.56. The molecule has 0 bridgehead atoms. The van der Waals surface area contributed by atoms with Crippen LogP contribution in [0.1, 0.15) is 20.3 Å². The molecule has 1 aromatic rings. The van der Waals surface area contributed by atoms with Gasteiger partial charge in [0.25, 0.3) is 0 Å². The van der Waals surface area contributed by atoms with Crippen molar-refractivity contribution in [2.75, 3.05) is 12.3 Å². The quantitative estimate of drug-likeness (QED) is 0.834. The van der Waals surface area contributed by atoms with Crippen LogP contribution in [-0.2, 0) is 10.0 Å². The number of nitriles is 1. The number of nitrogens with two attached hydrogens (primary N) is 1. The lowest BCUT2D eigenvalue weighted by atomic mass is 10.3. The van der Waals surface area contributed by atoms with Crippen LogP contribution in [0.4, 0.5) is 10.1 Å². The van der Waals surface area contributed by atoms with E-state index in [4.69, 9.17) is 11.0 Å². The van der Waals surface area contributed by atoms with E-state index >= 15 is 0 Å². The van der Waals surface area contributed by atoms with E-state index in [0.717, 1.165) is 16.4 Å². The number of sulfonamides is 1. The second kappa shape index (κ2) is 5.99. The minimum atomic E-state index is -4.00. The smallest absolute Gasteiger partial charge is 0.246 e. The Labute approximate surface area is 112 Å². The third kappa shape index (κ3) is 3.43. The maximum atomic E-state index is 13.7. The number of benzene rings is 1. The number of anilines is 1. The van der Waals surface area contributed by atoms with Crippen molar-refractivity contribution in [3.63, 3.8) is 0 Å². The molecule has 0 fully saturated rings. The van der Waals surface area contributed by atoms with Crippen molar-refractivity contribution >= 4 is 15.7 Å². The Bertz CT molecular complexity index is 593. The highest BCUT2D eigenvalue weighted by molar-refractivity contribution is 7.89. The zero-order valence-corrected chi connectivity index (χ0v) is 11.6. The van der Waals surface area contributed by atoms with Crippen LogP contribution >= 0.6 is 0 Å². The van der Waals surface area contributed by atoms with Gasteiger partial charge >= 0.3 is 0 Å². The molecule has 0 aliphatic heterocycles. The molecule has 0 spiro atoms. The minimum absolute atomic E-state index is 0.0186. The van der Waals surface area contributed by atoms with E-state index in [1.807, 2.05) is 6.07 Å². The summed E-state index contributed by atoms with van der Waals surface area (Å²) >= 11 is 0. The standard InChI is InChI=1S/C12H16FN3O2S/c1-9(2)16(7-3-6-14)19(17,18)12-8-10(15)4-5-11(12)13/h4-5,8-9H,3,7,15H2,1-2H3. The number of rotatable bonds is 5. The van der Waals surface area contributed by atoms with Crippen molar-refractivity contribution in [2.45, 2.75) is 31.2 Å². The summed E-state index contributed by atoms with van der Waals surface area (Å²) in [4.78, 5) is -0.459. The van der Waals surface area contributed by atoms with Crippen LogP contribution in [-0.4, -0.2) is 25.3 Å². The Kier molecular flexibility index (Phi) is 4.86. The molecular formula is C12H16FN3O2S. The molecule has 0 heterocycles. The van der Waals surface area contributed by atoms with Crippen LogP contribution in [0.5, 0.6) is 0 Å². The van der Waals surface area contributed by atoms with Crippen molar-refractivity contribution in [3.05, 3.63) is 24.0 Å². The topological polar surface area (TPSA) is 87.2 Å². The molecular weight excluding hydrogens is 269 g/mol. The molecule has 104 valence electrons. The zero-order valence-electron chi connectivity index (χ0n) is 10.8. The summed E-state index contributed by atoms with van der Waals surface area (Å²) in [6.07, 6.45) is 0.0430. The van der Waals surface area contributed by atoms with E-state index in [-0.39, 0.29) is 24.7 Å². The fraction of sp³-hybridized carbons (Fsp3) is 0.417. The van der Waals surface area contributed by atoms with Gasteiger partial charge in [-0.05, 0) is 32.0 Å². The lowest BCUT2D eigenvalue weighted by Gasteiger charge is -2.25. The van der Waals surface area contributed by atoms with Crippen LogP contribution < -0.4 is 5.73 Å². The molecule has 0 aliphatic carbocycles. The molecule has 0 aromatic heterocycles. The fourth-order valence-electron chi connectivity index (χ4n) is 1.66. The molecule has 0 unspecified atom stereocenters. The molecule has 2 N–H and O–H groups in total. The average molecular weight is 285 g/mol. The van der Waals surface area contributed by atoms with Crippen molar-refractivity contribution in [3.8, 4) is 6.07 Å². The second-order valence-corrected chi connectivity index (χ2v) is 6.17. The first-order valence-electron chi connectivity index (χ1n) is 5.74. The summed E-state index contributed by atoms with van der Waals surface area (Å²) in [5, 5.41) is 8.57. The van der Waals surface area contributed by atoms with Crippen LogP contribution in [0, 0.1) is 17.1 Å². The molecule has 0 saturated carbocycles. The summed E-state index contributed by atoms with van der Waals surface area (Å²) in [7, 11) is -4.00. The molecule has 1 rings (SSSR count). The normalized spacial score (nSPS) is 11.8. The number of nitrogens with zero attached hydrogens (tertiary/aromatic N) is 2. The first kappa shape index (κ1) is 15.4. The van der Waals surface area contributed by atoms with E-state index in [1.54, 1.807) is 13.8 Å². The predicted molar refractivity (Wildman–Crippen MR) is 70.1 cm³/mol. The summed E-state index contributed by atoms with van der Waals surface area (Å²) in [5.41, 5.74) is 5.67. The van der Waals surface area contributed by atoms with Crippen LogP contribution in [0.25, 0.3) is 0 Å². The van der Waals surface area contributed by atoms with Crippen LogP contribution in [0.3, 0.4) is 0 Å². The van der Waals surface area contributed by atoms with Gasteiger partial charge in [-0.1, -0.05) is 0 Å². The molecule has 19 heavy (non-hydrogen) atoms. The maximum Gasteiger partial charge on any atom is 0.246 e. The van der Waals surface area contributed by atoms with E-state index in [2.05, 4.69) is 0 Å². The number of hydrogen-bond donors (Lipinski definition) is 1. The van der Waals surface area contributed by atoms with Crippen LogP contribution in [0.2, 0.25) is 0 Å². The Morgan fingerprint density at radius 3 is 2.63 bits per heavy atom. The number of hydrogen-bond acceptors (Lipinski definition) is 4. The second-order valence-electron chi connectivity index (χ2n) is 4.31. The van der Waals surface area contributed by atoms with E-state index in [1.165, 1.54) is 6.07 Å². The largest absolute Gasteiger partial charge is 0.399 e. The van der Waals surface area contributed by atoms with Crippen molar-refractivity contribution < 1.29 is 12.8 Å². The van der Waals surface area contributed by atoms with E-state index in [9.17, 15) is 12.8 Å². The van der Waals surface area contributed by atoms with Gasteiger partial charge in [-0.15, -0.1) is 0 Å². The summed E-state index contributed by atoms with van der Waals surface area (Å²) in [6.45, 7) is 3.35. The fourth-order valence-corrected chi connectivity index (χ4v) is 3.40. The third-order valence-corrected chi connectivity index (χ3v) is 4.65. The Balaban J connectivity index is 3.27. The molecule has 0 aliphatic rings. The minimum Gasteiger partial charge on any atom is -0.399 e. The van der Waals surface area contributed by atoms with Crippen molar-refractivity contribution in [1.82, 2.24) is 4.31 Å². The number of halogens is 1. The first-order chi connectivity index (χ1) is 8.80. The van der Waals surface area contributed by atoms with Gasteiger partial charge in [0.1, 0.15) is 10.7 Å². The highest BCUT2D eigenvalue weighted by Gasteiger charge is 2.29. The molecule has 5 nitrogen and oxygen atoms in total. The van der Waals surface area contributed by atoms with Gasteiger partial charge in [0.05, 0.1) is 6.07 Å². The van der Waals surface area contributed by atoms with Gasteiger partial charge in [-0.2, -0.15) is 9.57 Å². The predicted octanol–water partition coefficient (Wildman–Crippen LogP) is 1.72. The monoisotopic (exact) mass is 285 g/mol. The van der Waals surface area contributed by atoms with Gasteiger partial charge in [0, 0.05) is 24.7 Å².